The van der Waals surface area contributed by atoms with Crippen molar-refractivity contribution in [1.29, 1.82) is 0 Å². The van der Waals surface area contributed by atoms with Crippen LogP contribution in [-0.4, -0.2) is 73.7 Å². The summed E-state index contributed by atoms with van der Waals surface area (Å²) in [6.45, 7) is 4.07. The summed E-state index contributed by atoms with van der Waals surface area (Å²) >= 11 is 0. The van der Waals surface area contributed by atoms with E-state index in [0.29, 0.717) is 44.0 Å². The molecule has 2 aromatic carbocycles. The van der Waals surface area contributed by atoms with Crippen molar-refractivity contribution in [2.24, 2.45) is 7.05 Å². The number of hydrogen-bond acceptors (Lipinski definition) is 5. The summed E-state index contributed by atoms with van der Waals surface area (Å²) in [5.74, 6) is 0.642. The molecule has 1 aliphatic rings. The minimum atomic E-state index is -4.74. The molecule has 1 unspecified atom stereocenters. The van der Waals surface area contributed by atoms with Gasteiger partial charge in [-0.05, 0) is 36.7 Å². The molecule has 194 valence electrons. The van der Waals surface area contributed by atoms with Crippen LogP contribution in [0.15, 0.2) is 42.7 Å². The number of alkyl halides is 3. The highest BCUT2D eigenvalue weighted by Gasteiger charge is 2.40. The van der Waals surface area contributed by atoms with Crippen LogP contribution in [0.2, 0.25) is 0 Å². The molecule has 3 heterocycles. The lowest BCUT2D eigenvalue weighted by atomic mass is 9.95. The number of carbonyl (C=O) groups excluding carboxylic acids is 1. The Kier molecular flexibility index (Phi) is 6.49. The number of nitrogens with zero attached hydrogens (tertiary/aromatic N) is 6. The quantitative estimate of drug-likeness (QED) is 0.436. The number of hydrogen-bond donors (Lipinski definition) is 1. The van der Waals surface area contributed by atoms with Crippen molar-refractivity contribution in [3.05, 3.63) is 65.2 Å². The number of carbonyl (C=O) groups is 1. The van der Waals surface area contributed by atoms with Gasteiger partial charge in [-0.25, -0.2) is 4.98 Å². The number of aromatic amines is 1. The molecule has 1 saturated heterocycles. The third-order valence-corrected chi connectivity index (χ3v) is 6.98. The lowest BCUT2D eigenvalue weighted by Crippen LogP contribution is -2.47. The third kappa shape index (κ3) is 4.95. The van der Waals surface area contributed by atoms with Crippen LogP contribution < -0.4 is 0 Å². The van der Waals surface area contributed by atoms with Gasteiger partial charge in [0.25, 0.3) is 5.91 Å². The molecule has 5 rings (SSSR count). The van der Waals surface area contributed by atoms with Crippen LogP contribution in [0.25, 0.3) is 22.4 Å². The van der Waals surface area contributed by atoms with Gasteiger partial charge in [0.2, 0.25) is 0 Å². The number of likely N-dealkylation sites (N-methyl/N-ethyl adjacent to an activating group) is 1. The van der Waals surface area contributed by atoms with E-state index in [4.69, 9.17) is 0 Å². The first-order chi connectivity index (χ1) is 17.6. The van der Waals surface area contributed by atoms with E-state index in [1.54, 1.807) is 12.4 Å². The van der Waals surface area contributed by atoms with Crippen molar-refractivity contribution < 1.29 is 18.0 Å². The summed E-state index contributed by atoms with van der Waals surface area (Å²) in [5, 5.41) is 8.05. The summed E-state index contributed by atoms with van der Waals surface area (Å²) in [5.41, 5.74) is 0.285. The molecule has 1 N–H and O–H groups in total. The van der Waals surface area contributed by atoms with E-state index in [1.807, 2.05) is 41.8 Å². The fourth-order valence-electron chi connectivity index (χ4n) is 4.73. The molecular weight excluding hydrogens is 483 g/mol. The molecule has 37 heavy (non-hydrogen) atoms. The predicted octanol–water partition coefficient (Wildman–Crippen LogP) is 4.11. The van der Waals surface area contributed by atoms with Crippen LogP contribution in [0.3, 0.4) is 0 Å². The second kappa shape index (κ2) is 9.62. The Bertz CT molecular complexity index is 1430. The van der Waals surface area contributed by atoms with E-state index in [-0.39, 0.29) is 22.5 Å². The van der Waals surface area contributed by atoms with Crippen LogP contribution in [0.4, 0.5) is 13.2 Å². The summed E-state index contributed by atoms with van der Waals surface area (Å²) < 4.78 is 44.8. The van der Waals surface area contributed by atoms with E-state index >= 15 is 0 Å². The zero-order chi connectivity index (χ0) is 26.3. The Morgan fingerprint density at radius 1 is 1.11 bits per heavy atom. The number of piperazine rings is 1. The molecule has 8 nitrogen and oxygen atoms in total. The molecule has 0 spiro atoms. The van der Waals surface area contributed by atoms with Gasteiger partial charge in [0.15, 0.2) is 0 Å². The highest BCUT2D eigenvalue weighted by Crippen LogP contribution is 2.38. The van der Waals surface area contributed by atoms with Crippen molar-refractivity contribution in [3.63, 3.8) is 0 Å². The number of rotatable bonds is 5. The van der Waals surface area contributed by atoms with Gasteiger partial charge in [-0.3, -0.25) is 4.79 Å². The number of halogens is 3. The molecule has 2 aromatic heterocycles. The number of nitrogens with one attached hydrogen (secondary N) is 1. The van der Waals surface area contributed by atoms with E-state index < -0.39 is 17.6 Å². The van der Waals surface area contributed by atoms with E-state index in [9.17, 15) is 18.0 Å². The summed E-state index contributed by atoms with van der Waals surface area (Å²) in [6.07, 6.45) is -2.43. The van der Waals surface area contributed by atoms with Gasteiger partial charge < -0.3 is 19.4 Å². The van der Waals surface area contributed by atoms with Crippen molar-refractivity contribution >= 4 is 16.9 Å². The number of benzene rings is 2. The molecule has 4 aromatic rings. The second-order valence-electron chi connectivity index (χ2n) is 9.65. The molecule has 1 fully saturated rings. The monoisotopic (exact) mass is 511 g/mol. The Labute approximate surface area is 212 Å². The normalized spacial score (nSPS) is 15.9. The van der Waals surface area contributed by atoms with E-state index in [1.165, 1.54) is 17.0 Å². The maximum Gasteiger partial charge on any atom is 0.419 e. The molecule has 11 heteroatoms. The first-order valence-electron chi connectivity index (χ1n) is 12.1. The maximum atomic E-state index is 14.3. The average molecular weight is 512 g/mol. The van der Waals surface area contributed by atoms with Gasteiger partial charge in [-0.15, -0.1) is 10.2 Å². The number of aromatic nitrogens is 5. The molecule has 1 aliphatic heterocycles. The van der Waals surface area contributed by atoms with Crippen molar-refractivity contribution in [3.8, 4) is 11.4 Å². The number of H-pyrrole nitrogens is 1. The van der Waals surface area contributed by atoms with Gasteiger partial charge >= 0.3 is 6.18 Å². The molecule has 0 aliphatic carbocycles. The standard InChI is InChI=1S/C26H28F3N7O/c1-16(13-21-33-30-15-35(21)3)17-5-4-6-18(14-17)24-31-20-8-7-19(22(23(20)32-24)26(27,28)29)25(37)36-11-9-34(2)10-12-36/h4-8,14-16H,9-13H2,1-3H3,(H,31,32). The second-order valence-corrected chi connectivity index (χ2v) is 9.65. The Balaban J connectivity index is 1.50. The highest BCUT2D eigenvalue weighted by molar-refractivity contribution is 6.01. The number of aryl methyl sites for hydroxylation is 1. The number of imidazole rings is 1. The summed E-state index contributed by atoms with van der Waals surface area (Å²) in [4.78, 5) is 24.0. The van der Waals surface area contributed by atoms with Crippen molar-refractivity contribution in [2.45, 2.75) is 25.4 Å². The summed E-state index contributed by atoms with van der Waals surface area (Å²) in [7, 11) is 3.81. The molecule has 0 bridgehead atoms. The Morgan fingerprint density at radius 3 is 2.54 bits per heavy atom. The van der Waals surface area contributed by atoms with Crippen LogP contribution in [0.5, 0.6) is 0 Å². The molecular formula is C26H28F3N7O. The zero-order valence-corrected chi connectivity index (χ0v) is 20.9. The predicted molar refractivity (Wildman–Crippen MR) is 133 cm³/mol. The minimum absolute atomic E-state index is 0.103. The van der Waals surface area contributed by atoms with Crippen molar-refractivity contribution in [1.82, 2.24) is 34.5 Å². The van der Waals surface area contributed by atoms with Crippen LogP contribution in [0.1, 0.15) is 40.2 Å². The topological polar surface area (TPSA) is 82.9 Å². The average Bonchev–Trinajstić information content (AvgIpc) is 3.48. The van der Waals surface area contributed by atoms with Crippen LogP contribution in [-0.2, 0) is 19.6 Å². The SMILES string of the molecule is CC(Cc1nncn1C)c1cccc(-c2nc3c(C(F)(F)F)c(C(=O)N4CCN(C)CC4)ccc3[nH]2)c1. The van der Waals surface area contributed by atoms with E-state index in [0.717, 1.165) is 11.4 Å². The fourth-order valence-corrected chi connectivity index (χ4v) is 4.73. The first kappa shape index (κ1) is 24.9. The van der Waals surface area contributed by atoms with Crippen LogP contribution in [0, 0.1) is 0 Å². The lowest BCUT2D eigenvalue weighted by Gasteiger charge is -2.33. The van der Waals surface area contributed by atoms with Crippen molar-refractivity contribution in [2.75, 3.05) is 33.2 Å². The zero-order valence-electron chi connectivity index (χ0n) is 20.9. The van der Waals surface area contributed by atoms with Gasteiger partial charge in [0.1, 0.15) is 23.5 Å². The molecule has 0 radical (unpaired) electrons. The van der Waals surface area contributed by atoms with Crippen LogP contribution >= 0.6 is 0 Å². The van der Waals surface area contributed by atoms with Gasteiger partial charge in [0.05, 0.1) is 16.6 Å². The highest BCUT2D eigenvalue weighted by atomic mass is 19.4. The minimum Gasteiger partial charge on any atom is -0.338 e. The lowest BCUT2D eigenvalue weighted by molar-refractivity contribution is -0.136. The number of fused-ring (bicyclic) bond motifs is 1. The van der Waals surface area contributed by atoms with Gasteiger partial charge in [-0.1, -0.05) is 25.1 Å². The Morgan fingerprint density at radius 2 is 1.86 bits per heavy atom. The van der Waals surface area contributed by atoms with E-state index in [2.05, 4.69) is 27.1 Å². The summed E-state index contributed by atoms with van der Waals surface area (Å²) in [6, 6.07) is 10.3. The largest absolute Gasteiger partial charge is 0.419 e. The third-order valence-electron chi connectivity index (χ3n) is 6.98. The molecule has 1 atom stereocenters. The van der Waals surface area contributed by atoms with Gasteiger partial charge in [0, 0.05) is 45.2 Å². The first-order valence-corrected chi connectivity index (χ1v) is 12.1. The number of amides is 1. The van der Waals surface area contributed by atoms with Gasteiger partial charge in [-0.2, -0.15) is 13.2 Å². The Hall–Kier alpha value is -3.73. The molecule has 1 amide bonds. The fraction of sp³-hybridized carbons (Fsp3) is 0.385. The molecule has 0 saturated carbocycles. The maximum absolute atomic E-state index is 14.3. The smallest absolute Gasteiger partial charge is 0.338 e.